The van der Waals surface area contributed by atoms with Crippen molar-refractivity contribution in [2.24, 2.45) is 0 Å². The minimum atomic E-state index is 0.463. The molecule has 17 heavy (non-hydrogen) atoms. The van der Waals surface area contributed by atoms with Crippen LogP contribution in [0.5, 0.6) is 5.75 Å². The second-order valence-electron chi connectivity index (χ2n) is 4.26. The van der Waals surface area contributed by atoms with Crippen LogP contribution in [-0.2, 0) is 6.61 Å². The lowest BCUT2D eigenvalue weighted by Crippen LogP contribution is -1.99. The summed E-state index contributed by atoms with van der Waals surface area (Å²) in [7, 11) is 0. The SMILES string of the molecule is CC(C)c1cc(Br)ccc1OCc1ccsc1. The van der Waals surface area contributed by atoms with Gasteiger partial charge in [-0.05, 0) is 52.1 Å². The molecule has 0 atom stereocenters. The van der Waals surface area contributed by atoms with Crippen molar-refractivity contribution >= 4 is 27.3 Å². The summed E-state index contributed by atoms with van der Waals surface area (Å²) in [6.45, 7) is 5.00. The zero-order valence-corrected chi connectivity index (χ0v) is 12.3. The molecule has 0 unspecified atom stereocenters. The van der Waals surface area contributed by atoms with Crippen molar-refractivity contribution in [2.45, 2.75) is 26.4 Å². The zero-order valence-electron chi connectivity index (χ0n) is 9.94. The van der Waals surface area contributed by atoms with Crippen LogP contribution in [0.2, 0.25) is 0 Å². The predicted molar refractivity (Wildman–Crippen MR) is 76.9 cm³/mol. The highest BCUT2D eigenvalue weighted by Crippen LogP contribution is 2.30. The highest BCUT2D eigenvalue weighted by atomic mass is 79.9. The fraction of sp³-hybridized carbons (Fsp3) is 0.286. The summed E-state index contributed by atoms with van der Waals surface area (Å²) in [6, 6.07) is 8.28. The molecule has 0 spiro atoms. The van der Waals surface area contributed by atoms with Crippen molar-refractivity contribution in [3.63, 3.8) is 0 Å². The Hall–Kier alpha value is -0.800. The van der Waals surface area contributed by atoms with Crippen molar-refractivity contribution in [3.05, 3.63) is 50.6 Å². The molecule has 0 radical (unpaired) electrons. The molecule has 1 aromatic heterocycles. The Morgan fingerprint density at radius 1 is 1.29 bits per heavy atom. The Balaban J connectivity index is 2.14. The summed E-state index contributed by atoms with van der Waals surface area (Å²) in [5.41, 5.74) is 2.47. The molecule has 1 heterocycles. The van der Waals surface area contributed by atoms with Crippen molar-refractivity contribution in [1.82, 2.24) is 0 Å². The first kappa shape index (κ1) is 12.7. The lowest BCUT2D eigenvalue weighted by Gasteiger charge is -2.14. The average molecular weight is 311 g/mol. The smallest absolute Gasteiger partial charge is 0.123 e. The molecule has 0 bridgehead atoms. The monoisotopic (exact) mass is 310 g/mol. The van der Waals surface area contributed by atoms with E-state index in [2.05, 4.69) is 52.7 Å². The number of thiophene rings is 1. The van der Waals surface area contributed by atoms with Gasteiger partial charge >= 0.3 is 0 Å². The molecule has 0 saturated carbocycles. The van der Waals surface area contributed by atoms with E-state index in [1.54, 1.807) is 11.3 Å². The Kier molecular flexibility index (Phi) is 4.24. The first-order chi connectivity index (χ1) is 8.16. The van der Waals surface area contributed by atoms with E-state index in [0.717, 1.165) is 10.2 Å². The molecular weight excluding hydrogens is 296 g/mol. The molecule has 0 N–H and O–H groups in total. The van der Waals surface area contributed by atoms with E-state index in [1.165, 1.54) is 11.1 Å². The van der Waals surface area contributed by atoms with E-state index < -0.39 is 0 Å². The normalized spacial score (nSPS) is 10.8. The summed E-state index contributed by atoms with van der Waals surface area (Å²) in [4.78, 5) is 0. The molecular formula is C14H15BrOS. The van der Waals surface area contributed by atoms with E-state index in [4.69, 9.17) is 4.74 Å². The Labute approximate surface area is 115 Å². The molecule has 2 rings (SSSR count). The van der Waals surface area contributed by atoms with E-state index in [0.29, 0.717) is 12.5 Å². The first-order valence-electron chi connectivity index (χ1n) is 5.60. The minimum Gasteiger partial charge on any atom is -0.489 e. The Morgan fingerprint density at radius 2 is 2.12 bits per heavy atom. The van der Waals surface area contributed by atoms with Gasteiger partial charge in [-0.2, -0.15) is 11.3 Å². The summed E-state index contributed by atoms with van der Waals surface area (Å²) < 4.78 is 6.98. The number of halogens is 1. The molecule has 3 heteroatoms. The van der Waals surface area contributed by atoms with Gasteiger partial charge in [0, 0.05) is 4.47 Å². The number of ether oxygens (including phenoxy) is 1. The van der Waals surface area contributed by atoms with E-state index in [9.17, 15) is 0 Å². The molecule has 0 amide bonds. The van der Waals surface area contributed by atoms with Gasteiger partial charge in [-0.1, -0.05) is 29.8 Å². The number of rotatable bonds is 4. The molecule has 0 aliphatic heterocycles. The minimum absolute atomic E-state index is 0.463. The third-order valence-electron chi connectivity index (χ3n) is 2.57. The molecule has 0 aliphatic rings. The van der Waals surface area contributed by atoms with Crippen LogP contribution in [0.4, 0.5) is 0 Å². The van der Waals surface area contributed by atoms with Gasteiger partial charge in [-0.3, -0.25) is 0 Å². The topological polar surface area (TPSA) is 9.23 Å². The highest BCUT2D eigenvalue weighted by Gasteiger charge is 2.08. The summed E-state index contributed by atoms with van der Waals surface area (Å²) >= 11 is 5.20. The standard InChI is InChI=1S/C14H15BrOS/c1-10(2)13-7-12(15)3-4-14(13)16-8-11-5-6-17-9-11/h3-7,9-10H,8H2,1-2H3. The maximum atomic E-state index is 5.88. The number of benzene rings is 1. The van der Waals surface area contributed by atoms with Crippen LogP contribution in [-0.4, -0.2) is 0 Å². The third-order valence-corrected chi connectivity index (χ3v) is 3.79. The summed E-state index contributed by atoms with van der Waals surface area (Å²) in [5, 5.41) is 4.19. The molecule has 0 saturated heterocycles. The van der Waals surface area contributed by atoms with Crippen LogP contribution >= 0.6 is 27.3 Å². The maximum Gasteiger partial charge on any atom is 0.123 e. The molecule has 0 fully saturated rings. The molecule has 1 nitrogen and oxygen atoms in total. The van der Waals surface area contributed by atoms with Crippen LogP contribution in [0.3, 0.4) is 0 Å². The highest BCUT2D eigenvalue weighted by molar-refractivity contribution is 9.10. The molecule has 1 aromatic carbocycles. The first-order valence-corrected chi connectivity index (χ1v) is 7.33. The van der Waals surface area contributed by atoms with Crippen LogP contribution in [0.25, 0.3) is 0 Å². The van der Waals surface area contributed by atoms with Gasteiger partial charge in [0.25, 0.3) is 0 Å². The van der Waals surface area contributed by atoms with Gasteiger partial charge in [-0.25, -0.2) is 0 Å². The second kappa shape index (κ2) is 5.69. The Bertz CT molecular complexity index is 477. The molecule has 2 aromatic rings. The van der Waals surface area contributed by atoms with Crippen LogP contribution < -0.4 is 4.74 Å². The Morgan fingerprint density at radius 3 is 2.76 bits per heavy atom. The van der Waals surface area contributed by atoms with Crippen LogP contribution in [0, 0.1) is 0 Å². The number of hydrogen-bond acceptors (Lipinski definition) is 2. The van der Waals surface area contributed by atoms with Gasteiger partial charge in [-0.15, -0.1) is 0 Å². The predicted octanol–water partition coefficient (Wildman–Crippen LogP) is 5.21. The molecule has 0 aliphatic carbocycles. The second-order valence-corrected chi connectivity index (χ2v) is 5.95. The largest absolute Gasteiger partial charge is 0.489 e. The lowest BCUT2D eigenvalue weighted by molar-refractivity contribution is 0.302. The van der Waals surface area contributed by atoms with Crippen molar-refractivity contribution in [3.8, 4) is 5.75 Å². The van der Waals surface area contributed by atoms with Gasteiger partial charge < -0.3 is 4.74 Å². The van der Waals surface area contributed by atoms with Crippen molar-refractivity contribution in [2.75, 3.05) is 0 Å². The van der Waals surface area contributed by atoms with Gasteiger partial charge in [0.2, 0.25) is 0 Å². The maximum absolute atomic E-state index is 5.88. The van der Waals surface area contributed by atoms with E-state index >= 15 is 0 Å². The fourth-order valence-corrected chi connectivity index (χ4v) is 2.67. The quantitative estimate of drug-likeness (QED) is 0.753. The third kappa shape index (κ3) is 3.33. The van der Waals surface area contributed by atoms with Crippen molar-refractivity contribution in [1.29, 1.82) is 0 Å². The van der Waals surface area contributed by atoms with Crippen LogP contribution in [0.1, 0.15) is 30.9 Å². The summed E-state index contributed by atoms with van der Waals surface area (Å²) in [5.74, 6) is 1.44. The summed E-state index contributed by atoms with van der Waals surface area (Å²) in [6.07, 6.45) is 0. The zero-order chi connectivity index (χ0) is 12.3. The van der Waals surface area contributed by atoms with Crippen LogP contribution in [0.15, 0.2) is 39.5 Å². The van der Waals surface area contributed by atoms with Gasteiger partial charge in [0.15, 0.2) is 0 Å². The molecule has 90 valence electrons. The van der Waals surface area contributed by atoms with E-state index in [1.807, 2.05) is 12.1 Å². The van der Waals surface area contributed by atoms with Gasteiger partial charge in [0.1, 0.15) is 12.4 Å². The number of hydrogen-bond donors (Lipinski definition) is 0. The van der Waals surface area contributed by atoms with Crippen molar-refractivity contribution < 1.29 is 4.74 Å². The van der Waals surface area contributed by atoms with E-state index in [-0.39, 0.29) is 0 Å². The lowest BCUT2D eigenvalue weighted by atomic mass is 10.0. The average Bonchev–Trinajstić information content (AvgIpc) is 2.80. The fourth-order valence-electron chi connectivity index (χ4n) is 1.64. The van der Waals surface area contributed by atoms with Gasteiger partial charge in [0.05, 0.1) is 0 Å².